The Kier molecular flexibility index (Phi) is 6.27. The highest BCUT2D eigenvalue weighted by Gasteiger charge is 2.48. The van der Waals surface area contributed by atoms with Crippen LogP contribution in [0.2, 0.25) is 0 Å². The quantitative estimate of drug-likeness (QED) is 0.464. The lowest BCUT2D eigenvalue weighted by Gasteiger charge is -2.34. The zero-order valence-corrected chi connectivity index (χ0v) is 20.3. The molecule has 1 aliphatic heterocycles. The fourth-order valence-corrected chi connectivity index (χ4v) is 5.04. The van der Waals surface area contributed by atoms with Crippen LogP contribution < -0.4 is 4.74 Å². The van der Waals surface area contributed by atoms with E-state index in [1.807, 2.05) is 29.8 Å². The molecule has 0 bridgehead atoms. The molecular weight excluding hydrogens is 469 g/mol. The summed E-state index contributed by atoms with van der Waals surface area (Å²) in [5, 5.41) is 4.55. The lowest BCUT2D eigenvalue weighted by atomic mass is 9.74. The van der Waals surface area contributed by atoms with Crippen LogP contribution in [-0.4, -0.2) is 42.6 Å². The first-order valence-corrected chi connectivity index (χ1v) is 11.9. The number of ether oxygens (including phenoxy) is 1. The first kappa shape index (κ1) is 24.0. The van der Waals surface area contributed by atoms with Gasteiger partial charge in [-0.15, -0.1) is 0 Å². The summed E-state index contributed by atoms with van der Waals surface area (Å²) in [6, 6.07) is 3.73. The number of hydrogen-bond donors (Lipinski definition) is 0. The van der Waals surface area contributed by atoms with E-state index in [0.717, 1.165) is 17.8 Å². The number of aryl methyl sites for hydroxylation is 2. The minimum absolute atomic E-state index is 0.373. The van der Waals surface area contributed by atoms with Gasteiger partial charge in [0.15, 0.2) is 5.82 Å². The number of aromatic nitrogens is 6. The molecule has 3 unspecified atom stereocenters. The van der Waals surface area contributed by atoms with Gasteiger partial charge in [0.1, 0.15) is 11.5 Å². The van der Waals surface area contributed by atoms with Gasteiger partial charge in [0, 0.05) is 18.7 Å². The highest BCUT2D eigenvalue weighted by atomic mass is 19.4. The van der Waals surface area contributed by atoms with Crippen LogP contribution in [0.1, 0.15) is 48.7 Å². The van der Waals surface area contributed by atoms with E-state index in [1.54, 1.807) is 55.4 Å². The van der Waals surface area contributed by atoms with Crippen molar-refractivity contribution in [1.82, 2.24) is 29.3 Å². The van der Waals surface area contributed by atoms with Crippen molar-refractivity contribution in [3.8, 4) is 11.6 Å². The van der Waals surface area contributed by atoms with Crippen molar-refractivity contribution in [3.05, 3.63) is 71.5 Å². The zero-order chi connectivity index (χ0) is 25.4. The maximum absolute atomic E-state index is 13.9. The van der Waals surface area contributed by atoms with Crippen molar-refractivity contribution in [3.63, 3.8) is 0 Å². The van der Waals surface area contributed by atoms with Crippen molar-refractivity contribution in [2.24, 2.45) is 11.8 Å². The van der Waals surface area contributed by atoms with E-state index in [1.165, 1.54) is 0 Å². The summed E-state index contributed by atoms with van der Waals surface area (Å²) >= 11 is 0. The van der Waals surface area contributed by atoms with Gasteiger partial charge in [0.05, 0.1) is 30.7 Å². The molecule has 0 saturated heterocycles. The molecule has 0 radical (unpaired) electrons. The van der Waals surface area contributed by atoms with Crippen molar-refractivity contribution < 1.29 is 17.9 Å². The molecule has 3 aromatic rings. The third kappa shape index (κ3) is 4.59. The van der Waals surface area contributed by atoms with Crippen LogP contribution in [0.25, 0.3) is 17.8 Å². The van der Waals surface area contributed by atoms with Crippen LogP contribution >= 0.6 is 0 Å². The summed E-state index contributed by atoms with van der Waals surface area (Å²) in [6.45, 7) is 4.15. The average molecular weight is 497 g/mol. The van der Waals surface area contributed by atoms with E-state index < -0.39 is 23.9 Å². The van der Waals surface area contributed by atoms with Crippen LogP contribution in [0.5, 0.6) is 5.88 Å². The highest BCUT2D eigenvalue weighted by molar-refractivity contribution is 5.65. The molecule has 3 atom stereocenters. The molecule has 7 nitrogen and oxygen atoms in total. The Labute approximate surface area is 207 Å². The molecule has 0 fully saturated rings. The average Bonchev–Trinajstić information content (AvgIpc) is 3.47. The second-order valence-corrected chi connectivity index (χ2v) is 9.20. The number of rotatable bonds is 5. The molecule has 0 saturated carbocycles. The monoisotopic (exact) mass is 496 g/mol. The van der Waals surface area contributed by atoms with Crippen LogP contribution in [0.4, 0.5) is 13.2 Å². The molecule has 3 aromatic heterocycles. The van der Waals surface area contributed by atoms with E-state index in [2.05, 4.69) is 20.1 Å². The normalized spacial score (nSPS) is 22.1. The molecule has 2 aliphatic rings. The summed E-state index contributed by atoms with van der Waals surface area (Å²) in [5.41, 5.74) is 2.66. The minimum atomic E-state index is -4.31. The molecule has 0 N–H and O–H groups in total. The van der Waals surface area contributed by atoms with Crippen LogP contribution in [0.3, 0.4) is 0 Å². The molecule has 0 aromatic carbocycles. The molecule has 1 aliphatic carbocycles. The molecular formula is C26H27F3N6O. The fraction of sp³-hybridized carbons (Fsp3) is 0.385. The fourth-order valence-electron chi connectivity index (χ4n) is 5.04. The van der Waals surface area contributed by atoms with Crippen LogP contribution in [0, 0.1) is 18.8 Å². The maximum atomic E-state index is 13.9. The van der Waals surface area contributed by atoms with E-state index in [9.17, 15) is 13.2 Å². The Morgan fingerprint density at radius 1 is 1.17 bits per heavy atom. The third-order valence-corrected chi connectivity index (χ3v) is 6.68. The van der Waals surface area contributed by atoms with Gasteiger partial charge in [-0.05, 0) is 55.5 Å². The number of imidazole rings is 1. The number of hydrogen-bond acceptors (Lipinski definition) is 5. The Morgan fingerprint density at radius 2 is 2.00 bits per heavy atom. The predicted octanol–water partition coefficient (Wildman–Crippen LogP) is 5.53. The Bertz CT molecular complexity index is 1350. The molecule has 0 amide bonds. The SMILES string of the molecule is COc1nc(C=Cc2nc3n(n2)CCCC3C2=CC=CC(C)C2C(F)(F)F)ccc1-n1cnc(C)c1. The van der Waals surface area contributed by atoms with Gasteiger partial charge >= 0.3 is 6.18 Å². The van der Waals surface area contributed by atoms with Gasteiger partial charge in [-0.25, -0.2) is 19.6 Å². The van der Waals surface area contributed by atoms with Gasteiger partial charge in [0.25, 0.3) is 0 Å². The summed E-state index contributed by atoms with van der Waals surface area (Å²) in [4.78, 5) is 13.4. The summed E-state index contributed by atoms with van der Waals surface area (Å²) in [7, 11) is 1.55. The van der Waals surface area contributed by atoms with Crippen molar-refractivity contribution in [1.29, 1.82) is 0 Å². The van der Waals surface area contributed by atoms with Gasteiger partial charge in [-0.1, -0.05) is 25.2 Å². The summed E-state index contributed by atoms with van der Waals surface area (Å²) < 4.78 is 50.8. The van der Waals surface area contributed by atoms with Crippen molar-refractivity contribution >= 4 is 12.2 Å². The maximum Gasteiger partial charge on any atom is 0.396 e. The number of methoxy groups -OCH3 is 1. The molecule has 10 heteroatoms. The number of halogens is 3. The van der Waals surface area contributed by atoms with Gasteiger partial charge in [-0.3, -0.25) is 0 Å². The van der Waals surface area contributed by atoms with Crippen LogP contribution in [-0.2, 0) is 6.54 Å². The van der Waals surface area contributed by atoms with E-state index in [0.29, 0.717) is 41.8 Å². The molecule has 36 heavy (non-hydrogen) atoms. The van der Waals surface area contributed by atoms with Gasteiger partial charge < -0.3 is 9.30 Å². The van der Waals surface area contributed by atoms with Crippen molar-refractivity contribution in [2.45, 2.75) is 45.3 Å². The number of allylic oxidation sites excluding steroid dienone is 4. The number of pyridine rings is 1. The Balaban J connectivity index is 1.41. The summed E-state index contributed by atoms with van der Waals surface area (Å²) in [6.07, 6.45) is 9.09. The number of nitrogens with zero attached hydrogens (tertiary/aromatic N) is 6. The highest BCUT2D eigenvalue weighted by Crippen LogP contribution is 2.47. The van der Waals surface area contributed by atoms with E-state index in [4.69, 9.17) is 4.74 Å². The smallest absolute Gasteiger partial charge is 0.396 e. The largest absolute Gasteiger partial charge is 0.479 e. The van der Waals surface area contributed by atoms with E-state index >= 15 is 0 Å². The van der Waals surface area contributed by atoms with Gasteiger partial charge in [0.2, 0.25) is 5.88 Å². The molecule has 4 heterocycles. The first-order valence-electron chi connectivity index (χ1n) is 11.9. The number of alkyl halides is 3. The van der Waals surface area contributed by atoms with Gasteiger partial charge in [-0.2, -0.15) is 18.3 Å². The zero-order valence-electron chi connectivity index (χ0n) is 20.3. The summed E-state index contributed by atoms with van der Waals surface area (Å²) in [5.74, 6) is -1.07. The topological polar surface area (TPSA) is 70.7 Å². The standard InChI is InChI=1S/C26H27F3N6O/c1-16-6-4-7-19(23(16)26(27,28)29)20-8-5-13-35-24(20)32-22(33-35)12-10-18-9-11-21(25(31-18)36-3)34-14-17(2)30-15-34/h4,6-7,9-12,14-16,20,23H,5,8,13H2,1-3H3. The first-order chi connectivity index (χ1) is 17.2. The second kappa shape index (κ2) is 9.40. The second-order valence-electron chi connectivity index (χ2n) is 9.20. The predicted molar refractivity (Wildman–Crippen MR) is 130 cm³/mol. The third-order valence-electron chi connectivity index (χ3n) is 6.68. The van der Waals surface area contributed by atoms with Crippen LogP contribution in [0.15, 0.2) is 48.5 Å². The van der Waals surface area contributed by atoms with E-state index in [-0.39, 0.29) is 0 Å². The Morgan fingerprint density at radius 3 is 2.72 bits per heavy atom. The lowest BCUT2D eigenvalue weighted by molar-refractivity contribution is -0.173. The Hall–Kier alpha value is -3.69. The molecule has 188 valence electrons. The van der Waals surface area contributed by atoms with Crippen molar-refractivity contribution in [2.75, 3.05) is 7.11 Å². The lowest BCUT2D eigenvalue weighted by Crippen LogP contribution is -2.34. The minimum Gasteiger partial charge on any atom is -0.479 e. The molecule has 0 spiro atoms. The molecule has 5 rings (SSSR count). The number of fused-ring (bicyclic) bond motifs is 1.